The van der Waals surface area contributed by atoms with Gasteiger partial charge in [-0.2, -0.15) is 0 Å². The van der Waals surface area contributed by atoms with E-state index in [4.69, 9.17) is 9.26 Å². The fourth-order valence-electron chi connectivity index (χ4n) is 2.82. The van der Waals surface area contributed by atoms with Crippen LogP contribution in [0.5, 0.6) is 5.75 Å². The van der Waals surface area contributed by atoms with Crippen molar-refractivity contribution in [3.05, 3.63) is 71.0 Å². The number of carbonyl (C=O) groups excluding carboxylic acids is 2. The van der Waals surface area contributed by atoms with E-state index in [1.807, 2.05) is 30.3 Å². The summed E-state index contributed by atoms with van der Waals surface area (Å²) in [7, 11) is 1.46. The Bertz CT molecular complexity index is 941. The van der Waals surface area contributed by atoms with Gasteiger partial charge >= 0.3 is 0 Å². The Morgan fingerprint density at radius 3 is 2.43 bits per heavy atom. The van der Waals surface area contributed by atoms with Crippen LogP contribution in [0.1, 0.15) is 32.0 Å². The van der Waals surface area contributed by atoms with Crippen molar-refractivity contribution in [2.24, 2.45) is 0 Å². The Balaban J connectivity index is 1.97. The molecule has 0 unspecified atom stereocenters. The molecule has 23 heavy (non-hydrogen) atoms. The van der Waals surface area contributed by atoms with E-state index in [2.05, 4.69) is 5.16 Å². The second kappa shape index (κ2) is 4.91. The summed E-state index contributed by atoms with van der Waals surface area (Å²) >= 11 is 0. The zero-order valence-corrected chi connectivity index (χ0v) is 12.2. The van der Waals surface area contributed by atoms with Crippen molar-refractivity contribution < 1.29 is 18.8 Å². The fraction of sp³-hybridized carbons (Fsp3) is 0.0556. The van der Waals surface area contributed by atoms with Gasteiger partial charge in [0.1, 0.15) is 17.0 Å². The fourth-order valence-corrected chi connectivity index (χ4v) is 2.82. The predicted molar refractivity (Wildman–Crippen MR) is 81.8 cm³/mol. The molecule has 0 saturated heterocycles. The highest BCUT2D eigenvalue weighted by Gasteiger charge is 2.38. The minimum atomic E-state index is -0.387. The summed E-state index contributed by atoms with van der Waals surface area (Å²) in [6.07, 6.45) is 0. The summed E-state index contributed by atoms with van der Waals surface area (Å²) in [5.41, 5.74) is 1.85. The van der Waals surface area contributed by atoms with E-state index in [-0.39, 0.29) is 28.5 Å². The third-order valence-corrected chi connectivity index (χ3v) is 3.89. The Kier molecular flexibility index (Phi) is 2.87. The third-order valence-electron chi connectivity index (χ3n) is 3.89. The molecule has 1 heterocycles. The Morgan fingerprint density at radius 1 is 0.913 bits per heavy atom. The highest BCUT2D eigenvalue weighted by molar-refractivity contribution is 6.29. The van der Waals surface area contributed by atoms with Crippen molar-refractivity contribution in [1.82, 2.24) is 5.16 Å². The van der Waals surface area contributed by atoms with Crippen LogP contribution >= 0.6 is 0 Å². The first-order chi connectivity index (χ1) is 11.2. The molecule has 1 aliphatic carbocycles. The largest absolute Gasteiger partial charge is 0.496 e. The number of ether oxygens (including phenoxy) is 1. The molecule has 1 aromatic heterocycles. The van der Waals surface area contributed by atoms with Crippen LogP contribution in [0.4, 0.5) is 0 Å². The maximum Gasteiger partial charge on any atom is 0.236 e. The normalized spacial score (nSPS) is 12.7. The molecule has 1 aliphatic rings. The molecular weight excluding hydrogens is 294 g/mol. The summed E-state index contributed by atoms with van der Waals surface area (Å²) in [6, 6.07) is 14.1. The van der Waals surface area contributed by atoms with Gasteiger partial charge in [0.15, 0.2) is 5.78 Å². The third kappa shape index (κ3) is 1.83. The SMILES string of the molecule is COc1cccc2c1C(=O)c1onc(-c3ccccc3)c1C2=O. The standard InChI is InChI=1S/C18H11NO4/c1-22-12-9-5-8-11-13(12)17(21)18-14(16(11)20)15(19-23-18)10-6-3-2-4-7-10/h2-9H,1H3. The molecule has 0 fully saturated rings. The van der Waals surface area contributed by atoms with Gasteiger partial charge in [0, 0.05) is 11.1 Å². The molecule has 4 rings (SSSR count). The number of fused-ring (bicyclic) bond motifs is 2. The highest BCUT2D eigenvalue weighted by atomic mass is 16.5. The van der Waals surface area contributed by atoms with Crippen molar-refractivity contribution in [1.29, 1.82) is 0 Å². The van der Waals surface area contributed by atoms with Gasteiger partial charge in [-0.15, -0.1) is 0 Å². The maximum atomic E-state index is 12.9. The average Bonchev–Trinajstić information content (AvgIpc) is 3.05. The molecule has 0 amide bonds. The van der Waals surface area contributed by atoms with Gasteiger partial charge in [-0.05, 0) is 6.07 Å². The highest BCUT2D eigenvalue weighted by Crippen LogP contribution is 2.37. The summed E-state index contributed by atoms with van der Waals surface area (Å²) in [5, 5.41) is 3.95. The Labute approximate surface area is 131 Å². The molecule has 0 N–H and O–H groups in total. The van der Waals surface area contributed by atoms with Gasteiger partial charge in [-0.1, -0.05) is 47.6 Å². The van der Waals surface area contributed by atoms with Crippen molar-refractivity contribution in [3.63, 3.8) is 0 Å². The van der Waals surface area contributed by atoms with E-state index in [0.717, 1.165) is 5.56 Å². The molecule has 2 aromatic carbocycles. The average molecular weight is 305 g/mol. The minimum Gasteiger partial charge on any atom is -0.496 e. The van der Waals surface area contributed by atoms with Crippen LogP contribution in [0.25, 0.3) is 11.3 Å². The van der Waals surface area contributed by atoms with Gasteiger partial charge < -0.3 is 9.26 Å². The minimum absolute atomic E-state index is 0.0362. The van der Waals surface area contributed by atoms with E-state index in [1.165, 1.54) is 7.11 Å². The molecule has 3 aromatic rings. The molecule has 112 valence electrons. The summed E-state index contributed by atoms with van der Waals surface area (Å²) in [4.78, 5) is 25.6. The molecule has 5 nitrogen and oxygen atoms in total. The number of hydrogen-bond donors (Lipinski definition) is 0. The van der Waals surface area contributed by atoms with Crippen LogP contribution in [0.15, 0.2) is 53.1 Å². The Morgan fingerprint density at radius 2 is 1.70 bits per heavy atom. The molecule has 0 spiro atoms. The van der Waals surface area contributed by atoms with Gasteiger partial charge in [0.25, 0.3) is 0 Å². The Hall–Kier alpha value is -3.21. The van der Waals surface area contributed by atoms with Crippen LogP contribution in [-0.4, -0.2) is 23.8 Å². The molecule has 0 aliphatic heterocycles. The monoisotopic (exact) mass is 305 g/mol. The van der Waals surface area contributed by atoms with E-state index < -0.39 is 0 Å². The second-order valence-corrected chi connectivity index (χ2v) is 5.14. The quantitative estimate of drug-likeness (QED) is 0.569. The number of rotatable bonds is 2. The van der Waals surface area contributed by atoms with Crippen molar-refractivity contribution in [3.8, 4) is 17.0 Å². The molecular formula is C18H11NO4. The van der Waals surface area contributed by atoms with Crippen LogP contribution in [0, 0.1) is 0 Å². The number of benzene rings is 2. The molecule has 0 bridgehead atoms. The van der Waals surface area contributed by atoms with Crippen LogP contribution in [0.3, 0.4) is 0 Å². The van der Waals surface area contributed by atoms with E-state index >= 15 is 0 Å². The molecule has 5 heteroatoms. The smallest absolute Gasteiger partial charge is 0.236 e. The second-order valence-electron chi connectivity index (χ2n) is 5.14. The van der Waals surface area contributed by atoms with Gasteiger partial charge in [0.05, 0.1) is 12.7 Å². The first kappa shape index (κ1) is 13.5. The number of ketones is 2. The van der Waals surface area contributed by atoms with E-state index in [9.17, 15) is 9.59 Å². The number of nitrogens with zero attached hydrogens (tertiary/aromatic N) is 1. The predicted octanol–water partition coefficient (Wildman–Crippen LogP) is 3.13. The summed E-state index contributed by atoms with van der Waals surface area (Å²) in [5.74, 6) is -0.356. The maximum absolute atomic E-state index is 12.9. The topological polar surface area (TPSA) is 69.4 Å². The first-order valence-electron chi connectivity index (χ1n) is 7.04. The molecule has 0 radical (unpaired) electrons. The van der Waals surface area contributed by atoms with Gasteiger partial charge in [-0.25, -0.2) is 0 Å². The molecule has 0 atom stereocenters. The van der Waals surface area contributed by atoms with E-state index in [1.54, 1.807) is 18.2 Å². The van der Waals surface area contributed by atoms with Crippen LogP contribution < -0.4 is 4.74 Å². The van der Waals surface area contributed by atoms with Crippen LogP contribution in [0.2, 0.25) is 0 Å². The lowest BCUT2D eigenvalue weighted by molar-refractivity contribution is 0.0952. The van der Waals surface area contributed by atoms with Gasteiger partial charge in [-0.3, -0.25) is 9.59 Å². The van der Waals surface area contributed by atoms with Gasteiger partial charge in [0.2, 0.25) is 11.5 Å². The number of carbonyl (C=O) groups is 2. The van der Waals surface area contributed by atoms with E-state index in [0.29, 0.717) is 17.0 Å². The number of methoxy groups -OCH3 is 1. The zero-order valence-electron chi connectivity index (χ0n) is 12.2. The lowest BCUT2D eigenvalue weighted by atomic mass is 9.86. The molecule has 0 saturated carbocycles. The number of hydrogen-bond acceptors (Lipinski definition) is 5. The van der Waals surface area contributed by atoms with Crippen molar-refractivity contribution in [2.75, 3.05) is 7.11 Å². The first-order valence-corrected chi connectivity index (χ1v) is 7.04. The lowest BCUT2D eigenvalue weighted by Crippen LogP contribution is -2.20. The lowest BCUT2D eigenvalue weighted by Gasteiger charge is -2.15. The number of aromatic nitrogens is 1. The zero-order chi connectivity index (χ0) is 16.0. The van der Waals surface area contributed by atoms with Crippen molar-refractivity contribution >= 4 is 11.6 Å². The van der Waals surface area contributed by atoms with Crippen LogP contribution in [-0.2, 0) is 0 Å². The summed E-state index contributed by atoms with van der Waals surface area (Å²) < 4.78 is 10.4. The van der Waals surface area contributed by atoms with Crippen molar-refractivity contribution in [2.45, 2.75) is 0 Å². The summed E-state index contributed by atoms with van der Waals surface area (Å²) in [6.45, 7) is 0.